The van der Waals surface area contributed by atoms with Gasteiger partial charge in [-0.25, -0.2) is 0 Å². The van der Waals surface area contributed by atoms with E-state index in [4.69, 9.17) is 9.26 Å². The smallest absolute Gasteiger partial charge is 0.315 e. The quantitative estimate of drug-likeness (QED) is 0.804. The van der Waals surface area contributed by atoms with Gasteiger partial charge in [0.25, 0.3) is 0 Å². The number of rotatable bonds is 4. The summed E-state index contributed by atoms with van der Waals surface area (Å²) in [6.07, 6.45) is 1.30. The fraction of sp³-hybridized carbons (Fsp3) is 0.294. The normalized spacial score (nSPS) is 13.6. The molecule has 2 aromatic rings. The summed E-state index contributed by atoms with van der Waals surface area (Å²) >= 11 is 0. The zero-order valence-corrected chi connectivity index (χ0v) is 14.4. The molecular formula is C17H18N4O5. The van der Waals surface area contributed by atoms with Crippen LogP contribution in [-0.2, 0) is 14.4 Å². The molecule has 2 heterocycles. The number of methoxy groups -OCH3 is 1. The highest BCUT2D eigenvalue weighted by atomic mass is 16.5. The van der Waals surface area contributed by atoms with E-state index >= 15 is 0 Å². The molecule has 136 valence electrons. The number of hydrogen-bond donors (Lipinski definition) is 2. The maximum atomic E-state index is 12.0. The lowest BCUT2D eigenvalue weighted by Crippen LogP contribution is -2.29. The molecule has 3 rings (SSSR count). The molecule has 1 aliphatic rings. The first-order chi connectivity index (χ1) is 12.5. The summed E-state index contributed by atoms with van der Waals surface area (Å²) in [5.74, 6) is -0.609. The van der Waals surface area contributed by atoms with Crippen LogP contribution < -0.4 is 20.3 Å². The van der Waals surface area contributed by atoms with Crippen LogP contribution in [0.4, 0.5) is 17.2 Å². The molecule has 0 saturated carbocycles. The monoisotopic (exact) mass is 358 g/mol. The Bertz CT molecular complexity index is 861. The first kappa shape index (κ1) is 17.5. The van der Waals surface area contributed by atoms with Gasteiger partial charge in [0.1, 0.15) is 11.5 Å². The fourth-order valence-corrected chi connectivity index (χ4v) is 2.67. The number of nitrogens with one attached hydrogen (secondary N) is 2. The Balaban J connectivity index is 1.70. The number of anilines is 3. The second-order valence-corrected chi connectivity index (χ2v) is 5.77. The molecule has 26 heavy (non-hydrogen) atoms. The van der Waals surface area contributed by atoms with Gasteiger partial charge in [0.2, 0.25) is 5.91 Å². The van der Waals surface area contributed by atoms with Gasteiger partial charge in [-0.3, -0.25) is 19.7 Å². The van der Waals surface area contributed by atoms with E-state index < -0.39 is 11.8 Å². The minimum atomic E-state index is -0.879. The average molecular weight is 358 g/mol. The molecule has 0 unspecified atom stereocenters. The average Bonchev–Trinajstić information content (AvgIpc) is 3.22. The summed E-state index contributed by atoms with van der Waals surface area (Å²) in [7, 11) is 1.48. The van der Waals surface area contributed by atoms with Crippen LogP contribution >= 0.6 is 0 Å². The van der Waals surface area contributed by atoms with Crippen molar-refractivity contribution in [3.05, 3.63) is 30.0 Å². The first-order valence-electron chi connectivity index (χ1n) is 8.02. The molecule has 0 aliphatic carbocycles. The van der Waals surface area contributed by atoms with E-state index in [1.807, 2.05) is 0 Å². The number of carbonyl (C=O) groups is 3. The van der Waals surface area contributed by atoms with Gasteiger partial charge in [-0.2, -0.15) is 0 Å². The summed E-state index contributed by atoms with van der Waals surface area (Å²) < 4.78 is 10.1. The van der Waals surface area contributed by atoms with Gasteiger partial charge >= 0.3 is 11.8 Å². The number of carbonyl (C=O) groups excluding carboxylic acids is 3. The van der Waals surface area contributed by atoms with Crippen molar-refractivity contribution < 1.29 is 23.6 Å². The number of aryl methyl sites for hydroxylation is 1. The molecule has 9 heteroatoms. The Morgan fingerprint density at radius 1 is 1.23 bits per heavy atom. The van der Waals surface area contributed by atoms with Gasteiger partial charge in [0.05, 0.1) is 12.8 Å². The zero-order chi connectivity index (χ0) is 18.7. The van der Waals surface area contributed by atoms with Crippen LogP contribution in [0, 0.1) is 6.92 Å². The van der Waals surface area contributed by atoms with E-state index in [0.717, 1.165) is 6.42 Å². The Morgan fingerprint density at radius 3 is 2.62 bits per heavy atom. The van der Waals surface area contributed by atoms with Crippen molar-refractivity contribution in [3.63, 3.8) is 0 Å². The number of aromatic nitrogens is 1. The molecule has 9 nitrogen and oxygen atoms in total. The number of nitrogens with zero attached hydrogens (tertiary/aromatic N) is 2. The van der Waals surface area contributed by atoms with Crippen molar-refractivity contribution in [2.45, 2.75) is 19.8 Å². The van der Waals surface area contributed by atoms with E-state index in [1.165, 1.54) is 13.2 Å². The van der Waals surface area contributed by atoms with Crippen molar-refractivity contribution in [2.75, 3.05) is 29.2 Å². The predicted molar refractivity (Wildman–Crippen MR) is 93.1 cm³/mol. The molecule has 0 spiro atoms. The molecule has 1 aliphatic heterocycles. The van der Waals surface area contributed by atoms with Gasteiger partial charge in [-0.1, -0.05) is 5.16 Å². The number of benzene rings is 1. The fourth-order valence-electron chi connectivity index (χ4n) is 2.67. The predicted octanol–water partition coefficient (Wildman–Crippen LogP) is 1.70. The highest BCUT2D eigenvalue weighted by molar-refractivity contribution is 6.43. The van der Waals surface area contributed by atoms with Gasteiger partial charge in [0, 0.05) is 30.8 Å². The summed E-state index contributed by atoms with van der Waals surface area (Å²) in [6, 6.07) is 6.34. The maximum absolute atomic E-state index is 12.0. The highest BCUT2D eigenvalue weighted by Gasteiger charge is 2.25. The van der Waals surface area contributed by atoms with Crippen LogP contribution in [0.15, 0.2) is 28.8 Å². The lowest BCUT2D eigenvalue weighted by atomic mass is 10.2. The van der Waals surface area contributed by atoms with Crippen LogP contribution in [0.3, 0.4) is 0 Å². The van der Waals surface area contributed by atoms with Crippen LogP contribution in [0.5, 0.6) is 5.75 Å². The standard InChI is InChI=1S/C17H18N4O5/c1-10-8-14(20-26-10)19-17(24)16(23)18-11-5-6-12(13(9-11)25-2)21-7-3-4-15(21)22/h5-6,8-9H,3-4,7H2,1-2H3,(H,18,23)(H,19,20,24). The van der Waals surface area contributed by atoms with Crippen molar-refractivity contribution in [3.8, 4) is 5.75 Å². The summed E-state index contributed by atoms with van der Waals surface area (Å²) in [6.45, 7) is 2.29. The number of ether oxygens (including phenoxy) is 1. The van der Waals surface area contributed by atoms with Gasteiger partial charge in [0.15, 0.2) is 5.82 Å². The Kier molecular flexibility index (Phi) is 4.87. The third kappa shape index (κ3) is 3.66. The largest absolute Gasteiger partial charge is 0.494 e. The molecule has 1 aromatic heterocycles. The van der Waals surface area contributed by atoms with E-state index in [0.29, 0.717) is 35.9 Å². The molecule has 0 bridgehead atoms. The highest BCUT2D eigenvalue weighted by Crippen LogP contribution is 2.33. The van der Waals surface area contributed by atoms with E-state index in [9.17, 15) is 14.4 Å². The van der Waals surface area contributed by atoms with E-state index in [1.54, 1.807) is 30.0 Å². The maximum Gasteiger partial charge on any atom is 0.315 e. The number of amides is 3. The summed E-state index contributed by atoms with van der Waals surface area (Å²) in [5.41, 5.74) is 1.00. The second kappa shape index (κ2) is 7.26. The minimum absolute atomic E-state index is 0.0300. The van der Waals surface area contributed by atoms with E-state index in [2.05, 4.69) is 15.8 Å². The van der Waals surface area contributed by atoms with Gasteiger partial charge in [-0.05, 0) is 25.5 Å². The van der Waals surface area contributed by atoms with Crippen molar-refractivity contribution in [1.29, 1.82) is 0 Å². The van der Waals surface area contributed by atoms with Crippen molar-refractivity contribution >= 4 is 34.9 Å². The molecule has 1 fully saturated rings. The third-order valence-corrected chi connectivity index (χ3v) is 3.88. The zero-order valence-electron chi connectivity index (χ0n) is 14.4. The molecule has 3 amide bonds. The second-order valence-electron chi connectivity index (χ2n) is 5.77. The van der Waals surface area contributed by atoms with Gasteiger partial charge in [-0.15, -0.1) is 0 Å². The molecule has 1 saturated heterocycles. The lowest BCUT2D eigenvalue weighted by molar-refractivity contribution is -0.133. The van der Waals surface area contributed by atoms with E-state index in [-0.39, 0.29) is 11.7 Å². The molecular weight excluding hydrogens is 340 g/mol. The number of hydrogen-bond acceptors (Lipinski definition) is 6. The molecule has 0 atom stereocenters. The van der Waals surface area contributed by atoms with Crippen molar-refractivity contribution in [1.82, 2.24) is 5.16 Å². The Labute approximate surface area is 149 Å². The topological polar surface area (TPSA) is 114 Å². The molecule has 0 radical (unpaired) electrons. The van der Waals surface area contributed by atoms with Gasteiger partial charge < -0.3 is 19.5 Å². The minimum Gasteiger partial charge on any atom is -0.494 e. The van der Waals surface area contributed by atoms with Crippen LogP contribution in [0.1, 0.15) is 18.6 Å². The molecule has 1 aromatic carbocycles. The summed E-state index contributed by atoms with van der Waals surface area (Å²) in [5, 5.41) is 8.40. The van der Waals surface area contributed by atoms with Crippen LogP contribution in [0.25, 0.3) is 0 Å². The Morgan fingerprint density at radius 2 is 2.00 bits per heavy atom. The Hall–Kier alpha value is -3.36. The molecule has 2 N–H and O–H groups in total. The lowest BCUT2D eigenvalue weighted by Gasteiger charge is -2.19. The third-order valence-electron chi connectivity index (χ3n) is 3.88. The van der Waals surface area contributed by atoms with Crippen LogP contribution in [-0.4, -0.2) is 36.5 Å². The first-order valence-corrected chi connectivity index (χ1v) is 8.02. The van der Waals surface area contributed by atoms with Crippen molar-refractivity contribution in [2.24, 2.45) is 0 Å². The summed E-state index contributed by atoms with van der Waals surface area (Å²) in [4.78, 5) is 37.5. The van der Waals surface area contributed by atoms with Crippen LogP contribution in [0.2, 0.25) is 0 Å². The SMILES string of the molecule is COc1cc(NC(=O)C(=O)Nc2cc(C)on2)ccc1N1CCCC1=O.